The Morgan fingerprint density at radius 1 is 0.673 bits per heavy atom. The summed E-state index contributed by atoms with van der Waals surface area (Å²) in [4.78, 5) is 22.6. The summed E-state index contributed by atoms with van der Waals surface area (Å²) in [6.07, 6.45) is 38.5. The average molecular weight is 799 g/mol. The molecule has 0 aliphatic rings. The molecule has 0 saturated heterocycles. The number of hydrogen-bond acceptors (Lipinski definition) is 8. The molecule has 0 heterocycles. The summed E-state index contributed by atoms with van der Waals surface area (Å²) in [6, 6.07) is 0. The molecule has 0 aliphatic carbocycles. The maximum atomic E-state index is 12.5. The molecule has 1 unspecified atom stereocenters. The Balaban J connectivity index is 4.55. The predicted octanol–water partition coefficient (Wildman–Crippen LogP) is 10.4. The molecule has 4 atom stereocenters. The molecule has 0 radical (unpaired) electrons. The van der Waals surface area contributed by atoms with Crippen LogP contribution >= 0.6 is 7.82 Å². The fraction of sp³-hybridized carbons (Fsp3) is 0.750. The summed E-state index contributed by atoms with van der Waals surface area (Å²) in [6.45, 7) is 4.53. The number of unbranched alkanes of at least 4 members (excludes halogenated alkanes) is 14. The summed E-state index contributed by atoms with van der Waals surface area (Å²) in [5.41, 5.74) is 0. The summed E-state index contributed by atoms with van der Waals surface area (Å²) in [5, 5.41) is 20.2. The Bertz CT molecular complexity index is 1100. The highest BCUT2D eigenvalue weighted by molar-refractivity contribution is 7.47. The van der Waals surface area contributed by atoms with Crippen LogP contribution < -0.4 is 0 Å². The Hall–Kier alpha value is -2.04. The smallest absolute Gasteiger partial charge is 0.472 e. The van der Waals surface area contributed by atoms with Gasteiger partial charge in [-0.25, -0.2) is 4.57 Å². The first-order valence-corrected chi connectivity index (χ1v) is 22.8. The van der Waals surface area contributed by atoms with Crippen LogP contribution in [-0.4, -0.2) is 91.4 Å². The Kier molecular flexibility index (Phi) is 35.0. The zero-order valence-corrected chi connectivity index (χ0v) is 36.3. The first kappa shape index (κ1) is 53.0. The molecule has 0 amide bonds. The summed E-state index contributed by atoms with van der Waals surface area (Å²) in [5.74, 6) is -0.453. The van der Waals surface area contributed by atoms with Crippen molar-refractivity contribution in [2.45, 2.75) is 167 Å². The third-order valence-corrected chi connectivity index (χ3v) is 9.86. The minimum atomic E-state index is -4.32. The van der Waals surface area contributed by atoms with Crippen LogP contribution in [-0.2, 0) is 27.9 Å². The molecule has 0 aromatic carbocycles. The Morgan fingerprint density at radius 2 is 1.20 bits per heavy atom. The van der Waals surface area contributed by atoms with E-state index < -0.39 is 32.1 Å². The number of esters is 1. The number of likely N-dealkylation sites (N-methyl/N-ethyl adjacent to an activating group) is 1. The molecule has 0 aliphatic heterocycles. The maximum absolute atomic E-state index is 12.5. The van der Waals surface area contributed by atoms with Crippen molar-refractivity contribution in [3.05, 3.63) is 60.9 Å². The lowest BCUT2D eigenvalue weighted by Gasteiger charge is -2.24. The van der Waals surface area contributed by atoms with Gasteiger partial charge in [0.25, 0.3) is 0 Å². The van der Waals surface area contributed by atoms with E-state index in [-0.39, 0.29) is 26.2 Å². The van der Waals surface area contributed by atoms with Gasteiger partial charge < -0.3 is 29.1 Å². The fourth-order valence-electron chi connectivity index (χ4n) is 5.40. The van der Waals surface area contributed by atoms with Crippen LogP contribution in [0.2, 0.25) is 0 Å². The van der Waals surface area contributed by atoms with E-state index in [1.807, 2.05) is 63.7 Å². The first-order valence-electron chi connectivity index (χ1n) is 21.3. The van der Waals surface area contributed by atoms with E-state index in [1.165, 1.54) is 64.2 Å². The van der Waals surface area contributed by atoms with Gasteiger partial charge in [0.2, 0.25) is 0 Å². The van der Waals surface area contributed by atoms with Crippen molar-refractivity contribution in [3.8, 4) is 0 Å². The summed E-state index contributed by atoms with van der Waals surface area (Å²) in [7, 11) is 1.54. The van der Waals surface area contributed by atoms with Crippen molar-refractivity contribution >= 4 is 13.8 Å². The van der Waals surface area contributed by atoms with E-state index in [4.69, 9.17) is 18.5 Å². The molecule has 0 fully saturated rings. The molecule has 3 N–H and O–H groups in total. The van der Waals surface area contributed by atoms with Crippen molar-refractivity contribution in [1.29, 1.82) is 0 Å². The van der Waals surface area contributed by atoms with E-state index in [9.17, 15) is 24.5 Å². The second kappa shape index (κ2) is 36.3. The lowest BCUT2D eigenvalue weighted by molar-refractivity contribution is -0.870. The van der Waals surface area contributed by atoms with Crippen LogP contribution in [0.4, 0.5) is 0 Å². The number of rotatable bonds is 38. The van der Waals surface area contributed by atoms with E-state index in [1.54, 1.807) is 18.4 Å². The number of allylic oxidation sites excluding steroid dienone is 7. The predicted molar refractivity (Wildman–Crippen MR) is 226 cm³/mol. The van der Waals surface area contributed by atoms with E-state index in [0.717, 1.165) is 51.4 Å². The number of aliphatic hydroxyl groups is 2. The van der Waals surface area contributed by atoms with Crippen LogP contribution in [0.3, 0.4) is 0 Å². The van der Waals surface area contributed by atoms with Gasteiger partial charge >= 0.3 is 13.8 Å². The minimum absolute atomic E-state index is 0.0506. The molecular formula is C44H81NO9P+. The first-order chi connectivity index (χ1) is 26.4. The van der Waals surface area contributed by atoms with Gasteiger partial charge in [-0.05, 0) is 44.6 Å². The number of nitrogens with zero attached hydrogens (tertiary/aromatic N) is 1. The largest absolute Gasteiger partial charge is 0.492 e. The van der Waals surface area contributed by atoms with Gasteiger partial charge in [-0.3, -0.25) is 13.8 Å². The van der Waals surface area contributed by atoms with Crippen molar-refractivity contribution in [3.63, 3.8) is 0 Å². The monoisotopic (exact) mass is 799 g/mol. The summed E-state index contributed by atoms with van der Waals surface area (Å²) < 4.78 is 34.5. The molecule has 10 nitrogen and oxygen atoms in total. The molecule has 0 saturated carbocycles. The number of carbonyl (C=O) groups is 1. The number of aliphatic hydroxyl groups excluding tert-OH is 2. The van der Waals surface area contributed by atoms with Crippen molar-refractivity contribution in [2.24, 2.45) is 0 Å². The number of quaternary nitrogens is 1. The van der Waals surface area contributed by atoms with Crippen LogP contribution in [0.5, 0.6) is 0 Å². The number of phosphoric acid groups is 1. The lowest BCUT2D eigenvalue weighted by atomic mass is 10.0. The van der Waals surface area contributed by atoms with Crippen LogP contribution in [0.15, 0.2) is 60.9 Å². The number of phosphoric ester groups is 1. The van der Waals surface area contributed by atoms with Gasteiger partial charge in [-0.2, -0.15) is 0 Å². The van der Waals surface area contributed by atoms with Crippen molar-refractivity contribution in [1.82, 2.24) is 0 Å². The molecule has 11 heteroatoms. The molecule has 0 rings (SSSR count). The zero-order valence-electron chi connectivity index (χ0n) is 35.4. The third-order valence-electron chi connectivity index (χ3n) is 8.88. The maximum Gasteiger partial charge on any atom is 0.472 e. The van der Waals surface area contributed by atoms with Gasteiger partial charge in [-0.1, -0.05) is 152 Å². The number of ether oxygens (including phenoxy) is 2. The van der Waals surface area contributed by atoms with Crippen LogP contribution in [0.1, 0.15) is 149 Å². The van der Waals surface area contributed by atoms with Crippen LogP contribution in [0.25, 0.3) is 0 Å². The van der Waals surface area contributed by atoms with Crippen molar-refractivity contribution < 1.29 is 47.5 Å². The normalized spacial score (nSPS) is 15.5. The molecule has 0 bridgehead atoms. The molecule has 0 spiro atoms. The topological polar surface area (TPSA) is 132 Å². The van der Waals surface area contributed by atoms with Gasteiger partial charge in [-0.15, -0.1) is 0 Å². The second-order valence-corrected chi connectivity index (χ2v) is 16.9. The molecule has 0 aromatic rings. The number of hydrogen-bond donors (Lipinski definition) is 3. The van der Waals surface area contributed by atoms with E-state index in [2.05, 4.69) is 13.8 Å². The lowest BCUT2D eigenvalue weighted by Crippen LogP contribution is -2.37. The average Bonchev–Trinajstić information content (AvgIpc) is 3.12. The minimum Gasteiger partial charge on any atom is -0.492 e. The molecule has 320 valence electrons. The molecule has 0 aromatic heterocycles. The highest BCUT2D eigenvalue weighted by Crippen LogP contribution is 2.43. The Morgan fingerprint density at radius 3 is 1.76 bits per heavy atom. The van der Waals surface area contributed by atoms with Gasteiger partial charge in [0.05, 0.1) is 46.2 Å². The second-order valence-electron chi connectivity index (χ2n) is 15.5. The summed E-state index contributed by atoms with van der Waals surface area (Å²) >= 11 is 0. The third kappa shape index (κ3) is 40.0. The van der Waals surface area contributed by atoms with Gasteiger partial charge in [0.15, 0.2) is 6.10 Å². The Labute approximate surface area is 336 Å². The molecule has 55 heavy (non-hydrogen) atoms. The quantitative estimate of drug-likeness (QED) is 0.0139. The SMILES string of the molecule is CCCCCCCCCCCCCC/C=C/O[C@H](COC(=O)CCC[C@@H](O)/C=C/C=C\C/C=C\C=C\[C@@H](O)CCCCC)COP(=O)(O)OCC[N+](C)(C)C. The molecular weight excluding hydrogens is 717 g/mol. The highest BCUT2D eigenvalue weighted by atomic mass is 31.2. The van der Waals surface area contributed by atoms with Crippen LogP contribution in [0, 0.1) is 0 Å². The van der Waals surface area contributed by atoms with Gasteiger partial charge in [0, 0.05) is 6.42 Å². The van der Waals surface area contributed by atoms with E-state index >= 15 is 0 Å². The van der Waals surface area contributed by atoms with Crippen molar-refractivity contribution in [2.75, 3.05) is 47.5 Å². The zero-order chi connectivity index (χ0) is 40.9. The van der Waals surface area contributed by atoms with E-state index in [0.29, 0.717) is 23.9 Å². The number of carbonyl (C=O) groups excluding carboxylic acids is 1. The fourth-order valence-corrected chi connectivity index (χ4v) is 6.14. The standard InChI is InChI=1S/C44H80NO9P/c1-6-8-10-11-12-13-14-15-16-17-18-22-25-29-37-51-43(40-54-55(49,50)53-38-36-45(3,4)5)39-52-44(48)35-30-34-42(47)33-28-24-21-19-20-23-27-32-41(46)31-26-9-7-2/h20-21,23-24,27-29,32-33,37,41-43,46-47H,6-19,22,25-26,30-31,34-36,38-40H2,1-5H3/p+1/b23-20-,24-21-,32-27+,33-28+,37-29+/t41-,42-,43+/m0/s1. The van der Waals surface area contributed by atoms with Gasteiger partial charge in [0.1, 0.15) is 19.8 Å². The highest BCUT2D eigenvalue weighted by Gasteiger charge is 2.25.